The normalized spacial score (nSPS) is 11.9. The molecule has 0 fully saturated rings. The summed E-state index contributed by atoms with van der Waals surface area (Å²) in [6.45, 7) is 0. The van der Waals surface area contributed by atoms with Gasteiger partial charge in [0, 0.05) is 23.0 Å². The Hall–Kier alpha value is -2.44. The first-order chi connectivity index (χ1) is 11.5. The van der Waals surface area contributed by atoms with Crippen LogP contribution in [0.5, 0.6) is 0 Å². The first-order valence-corrected chi connectivity index (χ1v) is 8.28. The fourth-order valence-corrected chi connectivity index (χ4v) is 2.78. The molecule has 1 atom stereocenters. The predicted molar refractivity (Wildman–Crippen MR) is 94.9 cm³/mol. The lowest BCUT2D eigenvalue weighted by molar-refractivity contribution is -0.122. The second-order valence-electron chi connectivity index (χ2n) is 4.83. The molecule has 24 heavy (non-hydrogen) atoms. The predicted octanol–water partition coefficient (Wildman–Crippen LogP) is 3.52. The number of hydrogen-bond acceptors (Lipinski definition) is 4. The van der Waals surface area contributed by atoms with Crippen molar-refractivity contribution < 1.29 is 14.4 Å². The number of likely N-dealkylation sites (N-methyl/N-ethyl adjacent to an activating group) is 1. The number of amides is 3. The van der Waals surface area contributed by atoms with Crippen LogP contribution in [0, 0.1) is 0 Å². The summed E-state index contributed by atoms with van der Waals surface area (Å²) in [6.07, 6.45) is 3.41. The van der Waals surface area contributed by atoms with Crippen molar-refractivity contribution in [1.29, 1.82) is 0 Å². The number of aldehydes is 1. The molecule has 2 rings (SSSR count). The summed E-state index contributed by atoms with van der Waals surface area (Å²) in [4.78, 5) is 36.9. The smallest absolute Gasteiger partial charge is 0.323 e. The summed E-state index contributed by atoms with van der Waals surface area (Å²) >= 11 is 7.35. The van der Waals surface area contributed by atoms with Gasteiger partial charge < -0.3 is 10.1 Å². The third-order valence-corrected chi connectivity index (χ3v) is 4.51. The van der Waals surface area contributed by atoms with Crippen LogP contribution in [0.2, 0.25) is 5.02 Å². The summed E-state index contributed by atoms with van der Waals surface area (Å²) < 4.78 is 0. The van der Waals surface area contributed by atoms with E-state index in [-0.39, 0.29) is 0 Å². The molecule has 7 heteroatoms. The lowest BCUT2D eigenvalue weighted by Crippen LogP contribution is -2.42. The molecule has 0 aliphatic carbocycles. The van der Waals surface area contributed by atoms with E-state index in [1.54, 1.807) is 41.8 Å². The van der Waals surface area contributed by atoms with E-state index in [1.807, 2.05) is 0 Å². The fourth-order valence-electron chi connectivity index (χ4n) is 1.85. The Labute approximate surface area is 148 Å². The average Bonchev–Trinajstić information content (AvgIpc) is 3.12. The van der Waals surface area contributed by atoms with Gasteiger partial charge in [0.15, 0.2) is 0 Å². The van der Waals surface area contributed by atoms with Crippen molar-refractivity contribution >= 4 is 47.2 Å². The number of imide groups is 1. The molecule has 0 aliphatic rings. The van der Waals surface area contributed by atoms with Crippen LogP contribution in [0.3, 0.4) is 0 Å². The molecule has 1 N–H and O–H groups in total. The Morgan fingerprint density at radius 3 is 2.62 bits per heavy atom. The SMILES string of the molecule is CN(C(=O)/C=C/c1ccccc1Cl)C(=O)NC(C=O)c1cccs1. The van der Waals surface area contributed by atoms with Gasteiger partial charge >= 0.3 is 6.03 Å². The highest BCUT2D eigenvalue weighted by atomic mass is 35.5. The van der Waals surface area contributed by atoms with E-state index in [0.29, 0.717) is 21.7 Å². The van der Waals surface area contributed by atoms with Gasteiger partial charge in [0.05, 0.1) is 0 Å². The Balaban J connectivity index is 2.00. The average molecular weight is 363 g/mol. The quantitative estimate of drug-likeness (QED) is 0.653. The van der Waals surface area contributed by atoms with Gasteiger partial charge in [0.2, 0.25) is 0 Å². The molecule has 1 unspecified atom stereocenters. The molecular weight excluding hydrogens is 348 g/mol. The number of hydrogen-bond donors (Lipinski definition) is 1. The maximum atomic E-state index is 12.1. The molecular formula is C17H15ClN2O3S. The van der Waals surface area contributed by atoms with Crippen molar-refractivity contribution in [3.05, 3.63) is 63.3 Å². The van der Waals surface area contributed by atoms with Gasteiger partial charge in [-0.1, -0.05) is 35.9 Å². The molecule has 5 nitrogen and oxygen atoms in total. The van der Waals surface area contributed by atoms with Crippen LogP contribution in [-0.4, -0.2) is 30.2 Å². The largest absolute Gasteiger partial charge is 0.324 e. The fraction of sp³-hybridized carbons (Fsp3) is 0.118. The van der Waals surface area contributed by atoms with Gasteiger partial charge in [-0.25, -0.2) is 4.79 Å². The van der Waals surface area contributed by atoms with Crippen LogP contribution in [0.15, 0.2) is 47.9 Å². The van der Waals surface area contributed by atoms with Crippen LogP contribution in [0.25, 0.3) is 6.08 Å². The van der Waals surface area contributed by atoms with Crippen LogP contribution in [0.4, 0.5) is 4.79 Å². The van der Waals surface area contributed by atoms with Gasteiger partial charge in [-0.2, -0.15) is 0 Å². The van der Waals surface area contributed by atoms with E-state index >= 15 is 0 Å². The molecule has 0 radical (unpaired) electrons. The summed E-state index contributed by atoms with van der Waals surface area (Å²) in [5, 5.41) is 4.82. The van der Waals surface area contributed by atoms with Crippen LogP contribution in [0.1, 0.15) is 16.5 Å². The molecule has 0 bridgehead atoms. The number of carbonyl (C=O) groups is 3. The number of nitrogens with zero attached hydrogens (tertiary/aromatic N) is 1. The zero-order valence-corrected chi connectivity index (χ0v) is 14.4. The monoisotopic (exact) mass is 362 g/mol. The third kappa shape index (κ3) is 4.53. The van der Waals surface area contributed by atoms with Gasteiger partial charge in [-0.05, 0) is 29.2 Å². The van der Waals surface area contributed by atoms with Crippen LogP contribution < -0.4 is 5.32 Å². The minimum Gasteiger partial charge on any atom is -0.323 e. The van der Waals surface area contributed by atoms with E-state index < -0.39 is 18.0 Å². The minimum absolute atomic E-state index is 0.507. The summed E-state index contributed by atoms with van der Waals surface area (Å²) in [5.74, 6) is -0.525. The Kier molecular flexibility index (Phi) is 6.28. The molecule has 1 aromatic carbocycles. The highest BCUT2D eigenvalue weighted by Gasteiger charge is 2.20. The van der Waals surface area contributed by atoms with E-state index in [4.69, 9.17) is 11.6 Å². The van der Waals surface area contributed by atoms with Gasteiger partial charge in [-0.3, -0.25) is 9.69 Å². The molecule has 1 aromatic heterocycles. The number of nitrogens with one attached hydrogen (secondary N) is 1. The Bertz CT molecular complexity index is 759. The molecule has 0 spiro atoms. The van der Waals surface area contributed by atoms with E-state index in [2.05, 4.69) is 5.32 Å². The first kappa shape index (κ1) is 17.9. The van der Waals surface area contributed by atoms with E-state index in [1.165, 1.54) is 30.5 Å². The highest BCUT2D eigenvalue weighted by molar-refractivity contribution is 7.10. The van der Waals surface area contributed by atoms with E-state index in [9.17, 15) is 14.4 Å². The molecule has 1 heterocycles. The number of benzene rings is 1. The zero-order chi connectivity index (χ0) is 17.5. The molecule has 3 amide bonds. The van der Waals surface area contributed by atoms with Crippen LogP contribution in [-0.2, 0) is 9.59 Å². The topological polar surface area (TPSA) is 66.5 Å². The number of thiophene rings is 1. The van der Waals surface area contributed by atoms with E-state index in [0.717, 1.165) is 4.90 Å². The van der Waals surface area contributed by atoms with Crippen molar-refractivity contribution in [2.24, 2.45) is 0 Å². The minimum atomic E-state index is -0.778. The summed E-state index contributed by atoms with van der Waals surface area (Å²) in [7, 11) is 1.34. The standard InChI is InChI=1S/C17H15ClN2O3S/c1-20(16(22)9-8-12-5-2-3-6-13(12)18)17(23)19-14(11-21)15-7-4-10-24-15/h2-11,14H,1H3,(H,19,23)/b9-8+. The maximum Gasteiger partial charge on any atom is 0.324 e. The number of urea groups is 1. The van der Waals surface area contributed by atoms with Crippen molar-refractivity contribution in [3.63, 3.8) is 0 Å². The third-order valence-electron chi connectivity index (χ3n) is 3.21. The van der Waals surface area contributed by atoms with Crippen molar-refractivity contribution in [2.75, 3.05) is 7.05 Å². The lowest BCUT2D eigenvalue weighted by Gasteiger charge is -2.17. The summed E-state index contributed by atoms with van der Waals surface area (Å²) in [5.41, 5.74) is 0.672. The van der Waals surface area contributed by atoms with Crippen molar-refractivity contribution in [2.45, 2.75) is 6.04 Å². The highest BCUT2D eigenvalue weighted by Crippen LogP contribution is 2.18. The number of rotatable bonds is 5. The Morgan fingerprint density at radius 2 is 2.00 bits per heavy atom. The molecule has 124 valence electrons. The molecule has 2 aromatic rings. The van der Waals surface area contributed by atoms with Crippen molar-refractivity contribution in [3.8, 4) is 0 Å². The lowest BCUT2D eigenvalue weighted by atomic mass is 10.2. The second kappa shape index (κ2) is 8.42. The number of halogens is 1. The van der Waals surface area contributed by atoms with Crippen molar-refractivity contribution in [1.82, 2.24) is 10.2 Å². The Morgan fingerprint density at radius 1 is 1.25 bits per heavy atom. The zero-order valence-electron chi connectivity index (χ0n) is 12.8. The molecule has 0 saturated carbocycles. The molecule has 0 aliphatic heterocycles. The second-order valence-corrected chi connectivity index (χ2v) is 6.22. The first-order valence-electron chi connectivity index (χ1n) is 7.02. The van der Waals surface area contributed by atoms with Gasteiger partial charge in [-0.15, -0.1) is 11.3 Å². The van der Waals surface area contributed by atoms with Gasteiger partial charge in [0.25, 0.3) is 5.91 Å². The maximum absolute atomic E-state index is 12.1. The molecule has 0 saturated heterocycles. The van der Waals surface area contributed by atoms with Gasteiger partial charge in [0.1, 0.15) is 12.3 Å². The van der Waals surface area contributed by atoms with Crippen LogP contribution >= 0.6 is 22.9 Å². The summed E-state index contributed by atoms with van der Waals surface area (Å²) in [6, 6.07) is 9.12. The number of carbonyl (C=O) groups excluding carboxylic acids is 3.